The highest BCUT2D eigenvalue weighted by Gasteiger charge is 2.21. The Hall–Kier alpha value is -2.39. The van der Waals surface area contributed by atoms with E-state index in [1.165, 1.54) is 10.8 Å². The van der Waals surface area contributed by atoms with Crippen molar-refractivity contribution >= 4 is 17.6 Å². The minimum absolute atomic E-state index is 0.296. The summed E-state index contributed by atoms with van der Waals surface area (Å²) in [4.78, 5) is 17.8. The molecule has 0 saturated carbocycles. The van der Waals surface area contributed by atoms with Crippen molar-refractivity contribution in [2.45, 2.75) is 19.4 Å². The van der Waals surface area contributed by atoms with Crippen molar-refractivity contribution in [2.24, 2.45) is 0 Å². The van der Waals surface area contributed by atoms with Crippen molar-refractivity contribution in [3.63, 3.8) is 0 Å². The van der Waals surface area contributed by atoms with Gasteiger partial charge in [0.05, 0.1) is 13.2 Å². The highest BCUT2D eigenvalue weighted by atomic mass is 16.7. The molecule has 0 N–H and O–H groups in total. The smallest absolute Gasteiger partial charge is 0.141 e. The molecule has 4 rings (SSSR count). The van der Waals surface area contributed by atoms with Gasteiger partial charge in [0.2, 0.25) is 0 Å². The number of hydroxylamine groups is 2. The number of carbonyl (C=O) groups is 1. The molecule has 2 aromatic carbocycles. The summed E-state index contributed by atoms with van der Waals surface area (Å²) in [5.41, 5.74) is 3.47. The summed E-state index contributed by atoms with van der Waals surface area (Å²) >= 11 is 0. The Kier molecular flexibility index (Phi) is 3.28. The first kappa shape index (κ1) is 13.3. The van der Waals surface area contributed by atoms with Crippen LogP contribution in [0, 0.1) is 0 Å². The summed E-state index contributed by atoms with van der Waals surface area (Å²) in [7, 11) is 0. The maximum atomic E-state index is 11.9. The fourth-order valence-corrected chi connectivity index (χ4v) is 3.25. The predicted molar refractivity (Wildman–Crippen MR) is 84.8 cm³/mol. The Bertz CT molecular complexity index is 839. The summed E-state index contributed by atoms with van der Waals surface area (Å²) in [5, 5.41) is 4.27. The largest absolute Gasteiger partial charge is 0.299 e. The van der Waals surface area contributed by atoms with Gasteiger partial charge in [-0.05, 0) is 21.9 Å². The van der Waals surface area contributed by atoms with E-state index in [1.807, 2.05) is 47.7 Å². The number of rotatable bonds is 3. The number of nitrogens with zero attached hydrogens (tertiary/aromatic N) is 1. The maximum absolute atomic E-state index is 11.9. The highest BCUT2D eigenvalue weighted by Crippen LogP contribution is 2.16. The summed E-state index contributed by atoms with van der Waals surface area (Å²) in [5.74, 6) is 0.296. The summed E-state index contributed by atoms with van der Waals surface area (Å²) in [6.45, 7) is 1.20. The third-order valence-corrected chi connectivity index (χ3v) is 4.20. The molecular formula is C19H17NO2. The number of benzene rings is 2. The van der Waals surface area contributed by atoms with Gasteiger partial charge >= 0.3 is 0 Å². The van der Waals surface area contributed by atoms with Crippen LogP contribution in [0.1, 0.15) is 17.5 Å². The standard InChI is InChI=1S/C19H17NO2/c21-18-9-15-7-4-8-16-11-20(12-17(10-18)19(15)16)22-13-14-5-2-1-3-6-14/h1-8,11H,9-10,12-13H2. The molecule has 1 heterocycles. The van der Waals surface area contributed by atoms with Crippen LogP contribution in [-0.2, 0) is 22.7 Å². The monoisotopic (exact) mass is 291 g/mol. The first-order valence-electron chi connectivity index (χ1n) is 7.56. The molecule has 2 aliphatic rings. The molecule has 0 aromatic heterocycles. The van der Waals surface area contributed by atoms with E-state index in [-0.39, 0.29) is 0 Å². The quantitative estimate of drug-likeness (QED) is 0.859. The van der Waals surface area contributed by atoms with E-state index in [4.69, 9.17) is 4.84 Å². The Morgan fingerprint density at radius 1 is 1.00 bits per heavy atom. The minimum Gasteiger partial charge on any atom is -0.299 e. The van der Waals surface area contributed by atoms with E-state index in [2.05, 4.69) is 12.1 Å². The molecular weight excluding hydrogens is 274 g/mol. The Morgan fingerprint density at radius 3 is 2.73 bits per heavy atom. The molecule has 0 atom stereocenters. The Labute approximate surface area is 129 Å². The van der Waals surface area contributed by atoms with E-state index < -0.39 is 0 Å². The second-order valence-electron chi connectivity index (χ2n) is 5.84. The number of Topliss-reactive ketones (excluding diaryl/α,β-unsaturated/α-hetero) is 1. The van der Waals surface area contributed by atoms with Gasteiger partial charge in [-0.15, -0.1) is 0 Å². The first-order valence-corrected chi connectivity index (χ1v) is 7.56. The van der Waals surface area contributed by atoms with Crippen LogP contribution in [0.25, 0.3) is 11.8 Å². The molecule has 0 amide bonds. The number of ketones is 1. The van der Waals surface area contributed by atoms with Crippen molar-refractivity contribution in [2.75, 3.05) is 6.54 Å². The highest BCUT2D eigenvalue weighted by molar-refractivity contribution is 5.91. The zero-order chi connectivity index (χ0) is 14.9. The first-order chi connectivity index (χ1) is 10.8. The van der Waals surface area contributed by atoms with Crippen LogP contribution in [0.15, 0.2) is 48.5 Å². The predicted octanol–water partition coefficient (Wildman–Crippen LogP) is 1.54. The summed E-state index contributed by atoms with van der Waals surface area (Å²) in [6, 6.07) is 16.3. The van der Waals surface area contributed by atoms with E-state index in [0.29, 0.717) is 31.8 Å². The minimum atomic E-state index is 0.296. The second kappa shape index (κ2) is 5.43. The molecule has 110 valence electrons. The van der Waals surface area contributed by atoms with E-state index in [9.17, 15) is 4.79 Å². The average Bonchev–Trinajstić information content (AvgIpc) is 2.53. The lowest BCUT2D eigenvalue weighted by atomic mass is 9.90. The molecule has 3 nitrogen and oxygen atoms in total. The van der Waals surface area contributed by atoms with Gasteiger partial charge in [-0.2, -0.15) is 0 Å². The van der Waals surface area contributed by atoms with Gasteiger partial charge in [0.15, 0.2) is 0 Å². The van der Waals surface area contributed by atoms with Crippen LogP contribution >= 0.6 is 0 Å². The lowest BCUT2D eigenvalue weighted by Crippen LogP contribution is -2.43. The van der Waals surface area contributed by atoms with Gasteiger partial charge < -0.3 is 0 Å². The van der Waals surface area contributed by atoms with Crippen LogP contribution in [-0.4, -0.2) is 17.4 Å². The molecule has 2 aromatic rings. The SMILES string of the molecule is O=C1CC2=c3c(cccc3=CN(OCc3ccccc3)C2)C1. The third kappa shape index (κ3) is 2.44. The molecule has 0 saturated heterocycles. The van der Waals surface area contributed by atoms with E-state index >= 15 is 0 Å². The molecule has 0 unspecified atom stereocenters. The lowest BCUT2D eigenvalue weighted by molar-refractivity contribution is -0.118. The van der Waals surface area contributed by atoms with Crippen molar-refractivity contribution in [3.05, 3.63) is 70.1 Å². The lowest BCUT2D eigenvalue weighted by Gasteiger charge is -2.27. The van der Waals surface area contributed by atoms with Gasteiger partial charge in [0.1, 0.15) is 5.78 Å². The van der Waals surface area contributed by atoms with Gasteiger partial charge in [0.25, 0.3) is 0 Å². The van der Waals surface area contributed by atoms with Gasteiger partial charge in [0, 0.05) is 24.3 Å². The van der Waals surface area contributed by atoms with E-state index in [1.54, 1.807) is 0 Å². The van der Waals surface area contributed by atoms with Crippen LogP contribution in [0.3, 0.4) is 0 Å². The summed E-state index contributed by atoms with van der Waals surface area (Å²) in [6.07, 6.45) is 3.15. The Balaban J connectivity index is 1.63. The molecule has 3 heteroatoms. The van der Waals surface area contributed by atoms with Crippen molar-refractivity contribution in [1.82, 2.24) is 5.06 Å². The zero-order valence-electron chi connectivity index (χ0n) is 12.3. The fraction of sp³-hybridized carbons (Fsp3) is 0.211. The van der Waals surface area contributed by atoms with Crippen molar-refractivity contribution in [3.8, 4) is 0 Å². The number of hydrogen-bond donors (Lipinski definition) is 0. The van der Waals surface area contributed by atoms with E-state index in [0.717, 1.165) is 16.3 Å². The fourth-order valence-electron chi connectivity index (χ4n) is 3.25. The number of carbonyl (C=O) groups excluding carboxylic acids is 1. The molecule has 0 radical (unpaired) electrons. The summed E-state index contributed by atoms with van der Waals surface area (Å²) < 4.78 is 0. The normalized spacial score (nSPS) is 16.3. The molecule has 0 fully saturated rings. The van der Waals surface area contributed by atoms with Crippen LogP contribution in [0.5, 0.6) is 0 Å². The van der Waals surface area contributed by atoms with Crippen LogP contribution < -0.4 is 10.4 Å². The van der Waals surface area contributed by atoms with Gasteiger partial charge in [-0.25, -0.2) is 0 Å². The molecule has 22 heavy (non-hydrogen) atoms. The molecule has 1 aliphatic heterocycles. The maximum Gasteiger partial charge on any atom is 0.141 e. The zero-order valence-corrected chi connectivity index (χ0v) is 12.3. The third-order valence-electron chi connectivity index (χ3n) is 4.20. The molecule has 1 aliphatic carbocycles. The second-order valence-corrected chi connectivity index (χ2v) is 5.84. The average molecular weight is 291 g/mol. The molecule has 0 bridgehead atoms. The van der Waals surface area contributed by atoms with Crippen LogP contribution in [0.4, 0.5) is 0 Å². The van der Waals surface area contributed by atoms with Crippen molar-refractivity contribution in [1.29, 1.82) is 0 Å². The topological polar surface area (TPSA) is 29.5 Å². The van der Waals surface area contributed by atoms with Gasteiger partial charge in [-0.1, -0.05) is 48.5 Å². The Morgan fingerprint density at radius 2 is 1.86 bits per heavy atom. The van der Waals surface area contributed by atoms with Gasteiger partial charge in [-0.3, -0.25) is 14.7 Å². The molecule has 0 spiro atoms. The number of hydrogen-bond acceptors (Lipinski definition) is 3. The van der Waals surface area contributed by atoms with Crippen LogP contribution in [0.2, 0.25) is 0 Å². The van der Waals surface area contributed by atoms with Crippen molar-refractivity contribution < 1.29 is 9.63 Å².